The summed E-state index contributed by atoms with van der Waals surface area (Å²) in [6, 6.07) is -5.35. The zero-order valence-corrected chi connectivity index (χ0v) is 43.2. The van der Waals surface area contributed by atoms with E-state index in [1.165, 1.54) is 50.5 Å². The maximum absolute atomic E-state index is 14.3. The molecule has 1 aromatic carbocycles. The largest absolute Gasteiger partial charge is 0.508 e. The summed E-state index contributed by atoms with van der Waals surface area (Å²) in [7, 11) is 0. The van der Waals surface area contributed by atoms with E-state index in [0.29, 0.717) is 18.3 Å². The number of phenols is 1. The Morgan fingerprint density at radius 2 is 1.43 bits per heavy atom. The molecule has 416 valence electrons. The number of unbranched alkanes of at least 4 members (excludes halogenated alkanes) is 5. The van der Waals surface area contributed by atoms with Crippen molar-refractivity contribution < 1.29 is 74.1 Å². The van der Waals surface area contributed by atoms with Crippen LogP contribution in [-0.2, 0) is 38.4 Å². The first-order chi connectivity index (χ1) is 35.0. The highest BCUT2D eigenvalue weighted by Crippen LogP contribution is 2.26. The van der Waals surface area contributed by atoms with E-state index in [0.717, 1.165) is 41.9 Å². The number of aromatic hydroxyl groups is 1. The summed E-state index contributed by atoms with van der Waals surface area (Å²) >= 11 is 0. The van der Waals surface area contributed by atoms with Gasteiger partial charge in [0.25, 0.3) is 0 Å². The van der Waals surface area contributed by atoms with E-state index in [1.54, 1.807) is 0 Å². The van der Waals surface area contributed by atoms with Crippen LogP contribution in [0.5, 0.6) is 5.75 Å². The first-order valence-electron chi connectivity index (χ1n) is 26.2. The first-order valence-corrected chi connectivity index (χ1v) is 26.2. The highest BCUT2D eigenvalue weighted by atomic mass is 16.3. The van der Waals surface area contributed by atoms with Gasteiger partial charge in [-0.15, -0.1) is 0 Å². The smallest absolute Gasteiger partial charge is 0.248 e. The van der Waals surface area contributed by atoms with Gasteiger partial charge in [-0.2, -0.15) is 0 Å². The number of benzene rings is 1. The molecule has 14 N–H and O–H groups in total. The van der Waals surface area contributed by atoms with Gasteiger partial charge in [-0.3, -0.25) is 43.7 Å². The van der Waals surface area contributed by atoms with Crippen molar-refractivity contribution in [2.75, 3.05) is 26.2 Å². The van der Waals surface area contributed by atoms with Gasteiger partial charge in [0.2, 0.25) is 41.4 Å². The lowest BCUT2D eigenvalue weighted by Gasteiger charge is -2.34. The molecule has 3 heterocycles. The minimum atomic E-state index is -2.17. The molecule has 74 heavy (non-hydrogen) atoms. The molecule has 0 bridgehead atoms. The molecule has 14 atom stereocenters. The van der Waals surface area contributed by atoms with E-state index in [1.807, 2.05) is 0 Å². The number of primary amides is 1. The minimum Gasteiger partial charge on any atom is -0.508 e. The number of fused-ring (bicyclic) bond motifs is 2. The van der Waals surface area contributed by atoms with Crippen LogP contribution in [0.2, 0.25) is 0 Å². The number of Topliss-reactive ketones (excluding diaryl/α,β-unsaturated/α-hetero) is 1. The molecule has 14 unspecified atom stereocenters. The predicted molar refractivity (Wildman–Crippen MR) is 268 cm³/mol. The third-order valence-electron chi connectivity index (χ3n) is 14.4. The van der Waals surface area contributed by atoms with E-state index in [9.17, 15) is 74.1 Å². The van der Waals surface area contributed by atoms with Crippen LogP contribution in [0.4, 0.5) is 0 Å². The molecular formula is C51H82N8O15. The maximum Gasteiger partial charge on any atom is 0.248 e. The topological polar surface area (TPSA) is 371 Å². The number of nitrogens with two attached hydrogens (primary N) is 1. The summed E-state index contributed by atoms with van der Waals surface area (Å²) < 4.78 is 0. The van der Waals surface area contributed by atoms with Gasteiger partial charge in [0.15, 0.2) is 5.78 Å². The van der Waals surface area contributed by atoms with Gasteiger partial charge >= 0.3 is 0 Å². The fraction of sp³-hybridized carbons (Fsp3) is 0.725. The van der Waals surface area contributed by atoms with E-state index in [2.05, 4.69) is 47.4 Å². The lowest BCUT2D eigenvalue weighted by atomic mass is 9.91. The van der Waals surface area contributed by atoms with Crippen LogP contribution in [0.15, 0.2) is 24.3 Å². The second kappa shape index (κ2) is 29.7. The summed E-state index contributed by atoms with van der Waals surface area (Å²) in [6.45, 7) is 6.25. The second-order valence-electron chi connectivity index (χ2n) is 20.6. The molecule has 0 radical (unpaired) electrons. The number of ketones is 1. The highest BCUT2D eigenvalue weighted by Gasteiger charge is 2.47. The fourth-order valence-corrected chi connectivity index (χ4v) is 9.95. The SMILES string of the molecule is CCC(C)CC(C)CCCCCCCCC(=O)NC1CCCNC(=O)C2C(O)CCN2C(=O)C(C(O)CC(N)=O)NC(=O)C(C(O)C(O)c2ccc(O)cc2)NCC(=O)C2CC(O)CN2C(=O)C(C(C)O)NC1=O. The third-order valence-corrected chi connectivity index (χ3v) is 14.4. The van der Waals surface area contributed by atoms with Crippen molar-refractivity contribution in [1.82, 2.24) is 36.4 Å². The third kappa shape index (κ3) is 17.9. The monoisotopic (exact) mass is 1050 g/mol. The van der Waals surface area contributed by atoms with Crippen LogP contribution in [0.3, 0.4) is 0 Å². The number of amides is 7. The van der Waals surface area contributed by atoms with Crippen molar-refractivity contribution in [3.63, 3.8) is 0 Å². The standard InChI is InChI=1S/C51H82N8O15/c1-5-28(2)23-29(3)13-10-8-6-7-9-11-15-40(67)55-34-14-12-21-53-49(72)44-36(63)20-22-58(44)51(74)42(37(64)25-39(52)66)57-48(71)43(46(69)45(68)31-16-18-32(61)19-17-31)54-26-38(65)35-24-33(62)27-59(35)50(73)41(30(4)60)56-47(34)70/h16-19,28-30,33-37,41-46,54,60-64,68-69H,5-15,20-27H2,1-4H3,(H2,52,66)(H,53,72)(H,55,67)(H,56,70)(H,57,71). The second-order valence-corrected chi connectivity index (χ2v) is 20.6. The normalized spacial score (nSPS) is 27.5. The Morgan fingerprint density at radius 1 is 0.797 bits per heavy atom. The molecule has 23 heteroatoms. The van der Waals surface area contributed by atoms with Gasteiger partial charge < -0.3 is 72.5 Å². The zero-order valence-electron chi connectivity index (χ0n) is 43.2. The first kappa shape index (κ1) is 61.2. The Kier molecular flexibility index (Phi) is 24.6. The van der Waals surface area contributed by atoms with E-state index in [4.69, 9.17) is 5.73 Å². The van der Waals surface area contributed by atoms with Gasteiger partial charge in [0.05, 0.1) is 43.4 Å². The quantitative estimate of drug-likeness (QED) is 0.0655. The number of hydrogen-bond donors (Lipinski definition) is 13. The van der Waals surface area contributed by atoms with Gasteiger partial charge in [0.1, 0.15) is 48.2 Å². The Balaban J connectivity index is 1.62. The molecule has 1 aromatic rings. The average molecular weight is 1050 g/mol. The van der Waals surface area contributed by atoms with Crippen molar-refractivity contribution in [3.05, 3.63) is 29.8 Å². The molecule has 3 fully saturated rings. The van der Waals surface area contributed by atoms with E-state index < -0.39 is 140 Å². The molecule has 3 saturated heterocycles. The highest BCUT2D eigenvalue weighted by molar-refractivity contribution is 5.97. The molecule has 0 aromatic heterocycles. The molecule has 0 saturated carbocycles. The molecule has 0 spiro atoms. The number of rotatable bonds is 20. The van der Waals surface area contributed by atoms with E-state index >= 15 is 0 Å². The summed E-state index contributed by atoms with van der Waals surface area (Å²) in [5, 5.41) is 89.2. The number of aliphatic hydroxyl groups is 6. The number of phenolic OH excluding ortho intramolecular Hbond substituents is 1. The summed E-state index contributed by atoms with van der Waals surface area (Å²) in [6.07, 6.45) is -2.78. The van der Waals surface area contributed by atoms with Crippen molar-refractivity contribution in [1.29, 1.82) is 0 Å². The van der Waals surface area contributed by atoms with Crippen molar-refractivity contribution in [2.24, 2.45) is 17.6 Å². The Bertz CT molecular complexity index is 2050. The van der Waals surface area contributed by atoms with Gasteiger partial charge in [0, 0.05) is 32.5 Å². The van der Waals surface area contributed by atoms with Crippen LogP contribution in [-0.4, -0.2) is 186 Å². The molecule has 7 amide bonds. The fourth-order valence-electron chi connectivity index (χ4n) is 9.95. The van der Waals surface area contributed by atoms with Crippen LogP contribution < -0.4 is 32.3 Å². The molecular weight excluding hydrogens is 965 g/mol. The van der Waals surface area contributed by atoms with Gasteiger partial charge in [-0.25, -0.2) is 0 Å². The van der Waals surface area contributed by atoms with Crippen LogP contribution >= 0.6 is 0 Å². The van der Waals surface area contributed by atoms with Crippen molar-refractivity contribution in [2.45, 2.75) is 197 Å². The molecule has 0 aliphatic carbocycles. The maximum atomic E-state index is 14.3. The molecule has 4 rings (SSSR count). The summed E-state index contributed by atoms with van der Waals surface area (Å²) in [5.74, 6) is -6.45. The van der Waals surface area contributed by atoms with Crippen LogP contribution in [0, 0.1) is 11.8 Å². The predicted octanol–water partition coefficient (Wildman–Crippen LogP) is -1.59. The van der Waals surface area contributed by atoms with Crippen molar-refractivity contribution in [3.8, 4) is 5.75 Å². The van der Waals surface area contributed by atoms with Gasteiger partial charge in [-0.1, -0.05) is 77.8 Å². The van der Waals surface area contributed by atoms with Crippen LogP contribution in [0.25, 0.3) is 0 Å². The van der Waals surface area contributed by atoms with Crippen molar-refractivity contribution >= 4 is 47.1 Å². The Morgan fingerprint density at radius 3 is 2.08 bits per heavy atom. The average Bonchev–Trinajstić information content (AvgIpc) is 3.94. The van der Waals surface area contributed by atoms with Crippen LogP contribution in [0.1, 0.15) is 136 Å². The minimum absolute atomic E-state index is 0.0156. The lowest BCUT2D eigenvalue weighted by molar-refractivity contribution is -0.147. The van der Waals surface area contributed by atoms with E-state index in [-0.39, 0.29) is 56.5 Å². The summed E-state index contributed by atoms with van der Waals surface area (Å²) in [4.78, 5) is 112. The Hall–Kier alpha value is -5.30. The van der Waals surface area contributed by atoms with Gasteiger partial charge in [-0.05, 0) is 68.6 Å². The molecule has 3 aliphatic heterocycles. The number of hydrogen-bond acceptors (Lipinski definition) is 16. The number of carbonyl (C=O) groups is 8. The number of aliphatic hydroxyl groups excluding tert-OH is 6. The number of nitrogens with zero attached hydrogens (tertiary/aromatic N) is 2. The Labute approximate surface area is 432 Å². The molecule has 23 nitrogen and oxygen atoms in total. The molecule has 3 aliphatic rings. The zero-order chi connectivity index (χ0) is 54.8. The summed E-state index contributed by atoms with van der Waals surface area (Å²) in [5.41, 5.74) is 5.34. The lowest BCUT2D eigenvalue weighted by Crippen LogP contribution is -2.63. The number of carbonyl (C=O) groups excluding carboxylic acids is 8. The number of nitrogens with one attached hydrogen (secondary N) is 5.